The van der Waals surface area contributed by atoms with Gasteiger partial charge in [-0.05, 0) is 25.1 Å². The van der Waals surface area contributed by atoms with Crippen LogP contribution in [0.2, 0.25) is 20.1 Å². The summed E-state index contributed by atoms with van der Waals surface area (Å²) >= 11 is 23.8. The van der Waals surface area contributed by atoms with Crippen LogP contribution in [0.15, 0.2) is 29.4 Å². The van der Waals surface area contributed by atoms with Crippen molar-refractivity contribution in [1.29, 1.82) is 0 Å². The third kappa shape index (κ3) is 5.81. The van der Waals surface area contributed by atoms with Gasteiger partial charge in [0.25, 0.3) is 5.91 Å². The molecule has 0 atom stereocenters. The first-order valence-corrected chi connectivity index (χ1v) is 9.08. The number of nitrogens with zero attached hydrogens (tertiary/aromatic N) is 1. The molecule has 0 heterocycles. The Morgan fingerprint density at radius 1 is 1.15 bits per heavy atom. The van der Waals surface area contributed by atoms with Gasteiger partial charge in [-0.3, -0.25) is 4.79 Å². The molecular weight excluding hydrogens is 438 g/mol. The smallest absolute Gasteiger partial charge is 0.277 e. The molecule has 0 aromatic heterocycles. The SMILES string of the molecule is CCOc1cc(Cl)c(Cl)c(C=NNC(=O)COc2ccc(Cl)cc2Cl)c1O. The minimum Gasteiger partial charge on any atom is -0.504 e. The highest BCUT2D eigenvalue weighted by atomic mass is 35.5. The van der Waals surface area contributed by atoms with Crippen molar-refractivity contribution in [2.45, 2.75) is 6.92 Å². The molecule has 10 heteroatoms. The average Bonchev–Trinajstić information content (AvgIpc) is 2.62. The Balaban J connectivity index is 2.01. The second-order valence-corrected chi connectivity index (χ2v) is 6.65. The fourth-order valence-electron chi connectivity index (χ4n) is 1.93. The van der Waals surface area contributed by atoms with E-state index in [9.17, 15) is 9.90 Å². The quantitative estimate of drug-likeness (QED) is 0.461. The van der Waals surface area contributed by atoms with E-state index < -0.39 is 5.91 Å². The number of nitrogens with one attached hydrogen (secondary N) is 1. The Labute approximate surface area is 175 Å². The Kier molecular flexibility index (Phi) is 7.86. The lowest BCUT2D eigenvalue weighted by molar-refractivity contribution is -0.123. The minimum absolute atomic E-state index is 0.0693. The summed E-state index contributed by atoms with van der Waals surface area (Å²) in [6.45, 7) is 1.74. The van der Waals surface area contributed by atoms with Gasteiger partial charge in [-0.2, -0.15) is 5.10 Å². The molecule has 27 heavy (non-hydrogen) atoms. The zero-order valence-electron chi connectivity index (χ0n) is 13.9. The van der Waals surface area contributed by atoms with Crippen LogP contribution in [-0.4, -0.2) is 30.4 Å². The molecular formula is C17H14Cl4N2O4. The molecule has 0 aliphatic rings. The Morgan fingerprint density at radius 3 is 2.56 bits per heavy atom. The number of carbonyl (C=O) groups is 1. The van der Waals surface area contributed by atoms with Crippen molar-refractivity contribution in [2.24, 2.45) is 5.10 Å². The Bertz CT molecular complexity index is 874. The summed E-state index contributed by atoms with van der Waals surface area (Å²) in [7, 11) is 0. The first-order chi connectivity index (χ1) is 12.8. The number of ether oxygens (including phenoxy) is 2. The van der Waals surface area contributed by atoms with Crippen LogP contribution >= 0.6 is 46.4 Å². The van der Waals surface area contributed by atoms with Crippen LogP contribution in [-0.2, 0) is 4.79 Å². The molecule has 2 rings (SSSR count). The number of phenols is 1. The molecule has 1 amide bonds. The maximum absolute atomic E-state index is 11.8. The van der Waals surface area contributed by atoms with Crippen molar-refractivity contribution in [2.75, 3.05) is 13.2 Å². The summed E-state index contributed by atoms with van der Waals surface area (Å²) in [6.07, 6.45) is 1.15. The normalized spacial score (nSPS) is 10.9. The number of hydrogen-bond donors (Lipinski definition) is 2. The van der Waals surface area contributed by atoms with E-state index in [1.54, 1.807) is 19.1 Å². The third-order valence-electron chi connectivity index (χ3n) is 3.13. The second-order valence-electron chi connectivity index (χ2n) is 5.02. The molecule has 144 valence electrons. The summed E-state index contributed by atoms with van der Waals surface area (Å²) in [5, 5.41) is 14.9. The standard InChI is InChI=1S/C17H14Cl4N2O4/c1-2-26-14-6-12(20)16(21)10(17(14)25)7-22-23-15(24)8-27-13-4-3-9(18)5-11(13)19/h3-7,25H,2,8H2,1H3,(H,23,24). The molecule has 0 radical (unpaired) electrons. The van der Waals surface area contributed by atoms with Gasteiger partial charge < -0.3 is 14.6 Å². The summed E-state index contributed by atoms with van der Waals surface area (Å²) in [5.74, 6) is -0.342. The number of phenolic OH excluding ortho intramolecular Hbond substituents is 1. The largest absolute Gasteiger partial charge is 0.504 e. The lowest BCUT2D eigenvalue weighted by Gasteiger charge is -2.11. The number of amides is 1. The number of rotatable bonds is 7. The van der Waals surface area contributed by atoms with Crippen molar-refractivity contribution in [1.82, 2.24) is 5.43 Å². The van der Waals surface area contributed by atoms with Gasteiger partial charge in [0.1, 0.15) is 5.75 Å². The predicted octanol–water partition coefficient (Wildman–Crippen LogP) is 4.93. The highest BCUT2D eigenvalue weighted by molar-refractivity contribution is 6.44. The van der Waals surface area contributed by atoms with Gasteiger partial charge in [0.2, 0.25) is 0 Å². The summed E-state index contributed by atoms with van der Waals surface area (Å²) in [6, 6.07) is 6.01. The van der Waals surface area contributed by atoms with Crippen molar-refractivity contribution >= 4 is 58.5 Å². The number of benzene rings is 2. The Hall–Kier alpha value is -1.86. The Morgan fingerprint density at radius 2 is 1.89 bits per heavy atom. The van der Waals surface area contributed by atoms with E-state index in [4.69, 9.17) is 55.9 Å². The van der Waals surface area contributed by atoms with Gasteiger partial charge in [0.05, 0.1) is 33.5 Å². The first-order valence-electron chi connectivity index (χ1n) is 7.57. The van der Waals surface area contributed by atoms with Crippen LogP contribution in [0.1, 0.15) is 12.5 Å². The molecule has 0 fully saturated rings. The van der Waals surface area contributed by atoms with Gasteiger partial charge in [-0.15, -0.1) is 0 Å². The highest BCUT2D eigenvalue weighted by Gasteiger charge is 2.15. The topological polar surface area (TPSA) is 80.2 Å². The van der Waals surface area contributed by atoms with Crippen LogP contribution in [0.3, 0.4) is 0 Å². The molecule has 0 unspecified atom stereocenters. The third-order valence-corrected chi connectivity index (χ3v) is 4.46. The summed E-state index contributed by atoms with van der Waals surface area (Å²) < 4.78 is 10.5. The number of aromatic hydroxyl groups is 1. The molecule has 2 aromatic rings. The number of hydrogen-bond acceptors (Lipinski definition) is 5. The summed E-state index contributed by atoms with van der Waals surface area (Å²) in [5.41, 5.74) is 2.35. The number of carbonyl (C=O) groups excluding carboxylic acids is 1. The van der Waals surface area contributed by atoms with Crippen molar-refractivity contribution < 1.29 is 19.4 Å². The van der Waals surface area contributed by atoms with Crippen molar-refractivity contribution in [3.63, 3.8) is 0 Å². The van der Waals surface area contributed by atoms with E-state index in [1.807, 2.05) is 0 Å². The summed E-state index contributed by atoms with van der Waals surface area (Å²) in [4.78, 5) is 11.8. The molecule has 0 saturated heterocycles. The minimum atomic E-state index is -0.556. The van der Waals surface area contributed by atoms with E-state index >= 15 is 0 Å². The van der Waals surface area contributed by atoms with Crippen LogP contribution < -0.4 is 14.9 Å². The zero-order valence-corrected chi connectivity index (χ0v) is 17.0. The lowest BCUT2D eigenvalue weighted by atomic mass is 10.2. The van der Waals surface area contributed by atoms with Gasteiger partial charge in [-0.25, -0.2) is 5.43 Å². The van der Waals surface area contributed by atoms with E-state index in [2.05, 4.69) is 10.5 Å². The fraction of sp³-hybridized carbons (Fsp3) is 0.176. The van der Waals surface area contributed by atoms with E-state index in [0.29, 0.717) is 17.4 Å². The van der Waals surface area contributed by atoms with Crippen LogP contribution in [0, 0.1) is 0 Å². The van der Waals surface area contributed by atoms with Crippen molar-refractivity contribution in [3.05, 3.63) is 49.9 Å². The molecule has 6 nitrogen and oxygen atoms in total. The van der Waals surface area contributed by atoms with E-state index in [1.165, 1.54) is 12.1 Å². The molecule has 2 aromatic carbocycles. The van der Waals surface area contributed by atoms with Gasteiger partial charge in [0, 0.05) is 11.1 Å². The van der Waals surface area contributed by atoms with E-state index in [0.717, 1.165) is 6.21 Å². The maximum atomic E-state index is 11.8. The maximum Gasteiger partial charge on any atom is 0.277 e. The zero-order chi connectivity index (χ0) is 20.0. The first kappa shape index (κ1) is 21.4. The van der Waals surface area contributed by atoms with Gasteiger partial charge in [0.15, 0.2) is 18.1 Å². The number of hydrazone groups is 1. The van der Waals surface area contributed by atoms with Gasteiger partial charge in [-0.1, -0.05) is 46.4 Å². The molecule has 0 spiro atoms. The van der Waals surface area contributed by atoms with Crippen molar-refractivity contribution in [3.8, 4) is 17.2 Å². The van der Waals surface area contributed by atoms with Gasteiger partial charge >= 0.3 is 0 Å². The molecule has 0 aliphatic heterocycles. The molecule has 0 saturated carbocycles. The van der Waals surface area contributed by atoms with Crippen LogP contribution in [0.4, 0.5) is 0 Å². The fourth-order valence-corrected chi connectivity index (χ4v) is 2.79. The molecule has 2 N–H and O–H groups in total. The van der Waals surface area contributed by atoms with Crippen LogP contribution in [0.25, 0.3) is 0 Å². The van der Waals surface area contributed by atoms with E-state index in [-0.39, 0.29) is 38.7 Å². The predicted molar refractivity (Wildman–Crippen MR) is 107 cm³/mol. The average molecular weight is 452 g/mol. The number of halogens is 4. The molecule has 0 bridgehead atoms. The molecule has 0 aliphatic carbocycles. The lowest BCUT2D eigenvalue weighted by Crippen LogP contribution is -2.24. The highest BCUT2D eigenvalue weighted by Crippen LogP contribution is 2.39. The monoisotopic (exact) mass is 450 g/mol. The van der Waals surface area contributed by atoms with Crippen LogP contribution in [0.5, 0.6) is 17.2 Å². The second kappa shape index (κ2) is 9.90.